The Labute approximate surface area is 133 Å². The number of aromatic nitrogens is 1. The third-order valence-electron chi connectivity index (χ3n) is 3.62. The highest BCUT2D eigenvalue weighted by Gasteiger charge is 2.15. The van der Waals surface area contributed by atoms with Crippen LogP contribution in [0, 0.1) is 0 Å². The van der Waals surface area contributed by atoms with Gasteiger partial charge in [0.05, 0.1) is 6.04 Å². The second kappa shape index (κ2) is 6.37. The van der Waals surface area contributed by atoms with Crippen LogP contribution in [-0.4, -0.2) is 11.5 Å². The van der Waals surface area contributed by atoms with Gasteiger partial charge in [-0.3, -0.25) is 4.98 Å². The van der Waals surface area contributed by atoms with Crippen molar-refractivity contribution in [1.29, 1.82) is 0 Å². The highest BCUT2D eigenvalue weighted by Crippen LogP contribution is 2.29. The molecule has 0 fully saturated rings. The molecule has 1 heterocycles. The van der Waals surface area contributed by atoms with Crippen molar-refractivity contribution in [2.45, 2.75) is 13.0 Å². The Bertz CT molecular complexity index is 750. The molecule has 2 aromatic carbocycles. The van der Waals surface area contributed by atoms with E-state index in [1.54, 1.807) is 0 Å². The first-order valence-electron chi connectivity index (χ1n) is 7.11. The van der Waals surface area contributed by atoms with Crippen LogP contribution < -0.4 is 5.32 Å². The van der Waals surface area contributed by atoms with Crippen molar-refractivity contribution < 1.29 is 0 Å². The summed E-state index contributed by atoms with van der Waals surface area (Å²) in [6.07, 6.45) is 3.79. The maximum absolute atomic E-state index is 4.29. The second-order valence-electron chi connectivity index (χ2n) is 4.99. The van der Waals surface area contributed by atoms with E-state index in [4.69, 9.17) is 0 Å². The Kier molecular flexibility index (Phi) is 4.32. The molecule has 0 aliphatic heterocycles. The number of pyridine rings is 1. The minimum Gasteiger partial charge on any atom is -0.307 e. The maximum Gasteiger partial charge on any atom is 0.0583 e. The van der Waals surface area contributed by atoms with Crippen LogP contribution in [0.2, 0.25) is 0 Å². The summed E-state index contributed by atoms with van der Waals surface area (Å²) in [6.45, 7) is 3.04. The average Bonchev–Trinajstić information content (AvgIpc) is 2.52. The van der Waals surface area contributed by atoms with Crippen LogP contribution in [-0.2, 0) is 0 Å². The number of hydrogen-bond acceptors (Lipinski definition) is 2. The number of hydrogen-bond donors (Lipinski definition) is 1. The van der Waals surface area contributed by atoms with Gasteiger partial charge in [0, 0.05) is 22.3 Å². The van der Waals surface area contributed by atoms with Crippen molar-refractivity contribution in [2.75, 3.05) is 6.54 Å². The summed E-state index contributed by atoms with van der Waals surface area (Å²) in [5, 5.41) is 6.01. The number of halogens is 1. The highest BCUT2D eigenvalue weighted by molar-refractivity contribution is 9.10. The highest BCUT2D eigenvalue weighted by atomic mass is 79.9. The number of rotatable bonds is 4. The van der Waals surface area contributed by atoms with E-state index in [1.807, 2.05) is 12.4 Å². The first kappa shape index (κ1) is 14.2. The van der Waals surface area contributed by atoms with Crippen LogP contribution in [0.5, 0.6) is 0 Å². The fourth-order valence-electron chi connectivity index (χ4n) is 2.69. The number of fused-ring (bicyclic) bond motifs is 1. The van der Waals surface area contributed by atoms with Crippen LogP contribution in [0.3, 0.4) is 0 Å². The van der Waals surface area contributed by atoms with E-state index in [0.717, 1.165) is 11.0 Å². The minimum absolute atomic E-state index is 0.167. The predicted octanol–water partition coefficient (Wildman–Crippen LogP) is 4.70. The topological polar surface area (TPSA) is 24.9 Å². The van der Waals surface area contributed by atoms with E-state index >= 15 is 0 Å². The number of benzene rings is 2. The van der Waals surface area contributed by atoms with Crippen molar-refractivity contribution in [3.8, 4) is 0 Å². The summed E-state index contributed by atoms with van der Waals surface area (Å²) < 4.78 is 1.10. The van der Waals surface area contributed by atoms with E-state index in [1.165, 1.54) is 21.9 Å². The van der Waals surface area contributed by atoms with Gasteiger partial charge in [0.15, 0.2) is 0 Å². The maximum atomic E-state index is 4.29. The van der Waals surface area contributed by atoms with Crippen LogP contribution in [0.25, 0.3) is 10.8 Å². The van der Waals surface area contributed by atoms with Crippen molar-refractivity contribution in [3.05, 3.63) is 76.5 Å². The van der Waals surface area contributed by atoms with Crippen LogP contribution in [0.15, 0.2) is 65.4 Å². The molecular formula is C18H17BrN2. The van der Waals surface area contributed by atoms with Gasteiger partial charge in [0.25, 0.3) is 0 Å². The zero-order valence-electron chi connectivity index (χ0n) is 11.9. The predicted molar refractivity (Wildman–Crippen MR) is 91.4 cm³/mol. The second-order valence-corrected chi connectivity index (χ2v) is 5.91. The SMILES string of the molecule is CCNC(c1cccc(Br)c1)c1cccc2ccncc12. The summed E-state index contributed by atoms with van der Waals surface area (Å²) in [4.78, 5) is 4.29. The molecule has 0 amide bonds. The number of nitrogens with one attached hydrogen (secondary N) is 1. The quantitative estimate of drug-likeness (QED) is 0.744. The zero-order chi connectivity index (χ0) is 14.7. The Balaban J connectivity index is 2.16. The van der Waals surface area contributed by atoms with Crippen LogP contribution >= 0.6 is 15.9 Å². The molecule has 0 saturated heterocycles. The standard InChI is InChI=1S/C18H17BrN2/c1-2-21-18(14-6-3-7-15(19)11-14)16-8-4-5-13-9-10-20-12-17(13)16/h3-12,18,21H,2H2,1H3. The van der Waals surface area contributed by atoms with Gasteiger partial charge in [-0.1, -0.05) is 53.2 Å². The lowest BCUT2D eigenvalue weighted by atomic mass is 9.94. The molecule has 0 radical (unpaired) electrons. The lowest BCUT2D eigenvalue weighted by molar-refractivity contribution is 0.634. The molecule has 1 N–H and O–H groups in total. The van der Waals surface area contributed by atoms with Crippen molar-refractivity contribution >= 4 is 26.7 Å². The summed E-state index contributed by atoms with van der Waals surface area (Å²) in [7, 11) is 0. The Morgan fingerprint density at radius 1 is 1.14 bits per heavy atom. The van der Waals surface area contributed by atoms with Gasteiger partial charge in [-0.15, -0.1) is 0 Å². The van der Waals surface area contributed by atoms with Crippen molar-refractivity contribution in [2.24, 2.45) is 0 Å². The smallest absolute Gasteiger partial charge is 0.0583 e. The molecule has 0 spiro atoms. The average molecular weight is 341 g/mol. The minimum atomic E-state index is 0.167. The van der Waals surface area contributed by atoms with E-state index in [-0.39, 0.29) is 6.04 Å². The molecule has 2 nitrogen and oxygen atoms in total. The van der Waals surface area contributed by atoms with Gasteiger partial charge in [0.2, 0.25) is 0 Å². The van der Waals surface area contributed by atoms with Gasteiger partial charge in [-0.25, -0.2) is 0 Å². The molecule has 1 aromatic heterocycles. The monoisotopic (exact) mass is 340 g/mol. The molecule has 3 rings (SSSR count). The molecular weight excluding hydrogens is 324 g/mol. The van der Waals surface area contributed by atoms with Crippen molar-refractivity contribution in [1.82, 2.24) is 10.3 Å². The summed E-state index contributed by atoms with van der Waals surface area (Å²) in [5.41, 5.74) is 2.52. The third-order valence-corrected chi connectivity index (χ3v) is 4.11. The lowest BCUT2D eigenvalue weighted by Gasteiger charge is -2.21. The molecule has 21 heavy (non-hydrogen) atoms. The largest absolute Gasteiger partial charge is 0.307 e. The first-order valence-corrected chi connectivity index (χ1v) is 7.90. The van der Waals surface area contributed by atoms with Gasteiger partial charge in [-0.2, -0.15) is 0 Å². The molecule has 1 atom stereocenters. The number of nitrogens with zero attached hydrogens (tertiary/aromatic N) is 1. The van der Waals surface area contributed by atoms with Gasteiger partial charge >= 0.3 is 0 Å². The third kappa shape index (κ3) is 2.99. The zero-order valence-corrected chi connectivity index (χ0v) is 13.5. The molecule has 0 aliphatic rings. The van der Waals surface area contributed by atoms with Crippen molar-refractivity contribution in [3.63, 3.8) is 0 Å². The Morgan fingerprint density at radius 2 is 2.00 bits per heavy atom. The molecule has 3 heteroatoms. The summed E-state index contributed by atoms with van der Waals surface area (Å²) >= 11 is 3.56. The Morgan fingerprint density at radius 3 is 2.81 bits per heavy atom. The fourth-order valence-corrected chi connectivity index (χ4v) is 3.10. The fraction of sp³-hybridized carbons (Fsp3) is 0.167. The molecule has 0 saturated carbocycles. The van der Waals surface area contributed by atoms with Crippen LogP contribution in [0.1, 0.15) is 24.1 Å². The summed E-state index contributed by atoms with van der Waals surface area (Å²) in [6, 6.07) is 17.1. The molecule has 106 valence electrons. The summed E-state index contributed by atoms with van der Waals surface area (Å²) in [5.74, 6) is 0. The molecule has 0 bridgehead atoms. The normalized spacial score (nSPS) is 12.5. The first-order chi connectivity index (χ1) is 10.3. The molecule has 1 unspecified atom stereocenters. The van der Waals surface area contributed by atoms with E-state index < -0.39 is 0 Å². The Hall–Kier alpha value is -1.71. The van der Waals surface area contributed by atoms with Gasteiger partial charge in [0.1, 0.15) is 0 Å². The van der Waals surface area contributed by atoms with E-state index in [2.05, 4.69) is 81.7 Å². The van der Waals surface area contributed by atoms with Gasteiger partial charge in [-0.05, 0) is 41.3 Å². The van der Waals surface area contributed by atoms with Crippen LogP contribution in [0.4, 0.5) is 0 Å². The lowest BCUT2D eigenvalue weighted by Crippen LogP contribution is -2.22. The molecule has 3 aromatic rings. The van der Waals surface area contributed by atoms with E-state index in [9.17, 15) is 0 Å². The molecule has 0 aliphatic carbocycles. The van der Waals surface area contributed by atoms with Gasteiger partial charge < -0.3 is 5.32 Å². The van der Waals surface area contributed by atoms with E-state index in [0.29, 0.717) is 0 Å².